The highest BCUT2D eigenvalue weighted by molar-refractivity contribution is 8.17. The Morgan fingerprint density at radius 2 is 1.71 bits per heavy atom. The normalized spacial score (nSPS) is 15.0. The molecule has 0 aromatic heterocycles. The van der Waals surface area contributed by atoms with Crippen molar-refractivity contribution in [2.45, 2.75) is 30.0 Å². The fraction of sp³-hybridized carbons (Fsp3) is 0.727. The number of rotatable bonds is 11. The van der Waals surface area contributed by atoms with Crippen molar-refractivity contribution in [2.75, 3.05) is 18.1 Å². The maximum absolute atomic E-state index is 11.0. The Hall–Kier alpha value is -0.970. The van der Waals surface area contributed by atoms with Gasteiger partial charge in [0.2, 0.25) is 5.91 Å². The first kappa shape index (κ1) is 20.0. The zero-order chi connectivity index (χ0) is 16.4. The van der Waals surface area contributed by atoms with Crippen LogP contribution in [-0.2, 0) is 14.4 Å². The third-order valence-corrected chi connectivity index (χ3v) is 5.38. The molecule has 0 heterocycles. The third kappa shape index (κ3) is 9.56. The van der Waals surface area contributed by atoms with E-state index < -0.39 is 29.9 Å². The van der Waals surface area contributed by atoms with Crippen LogP contribution >= 0.6 is 23.5 Å². The number of aliphatic hydroxyl groups excluding tert-OH is 1. The lowest BCUT2D eigenvalue weighted by molar-refractivity contribution is -0.140. The first-order valence-electron chi connectivity index (χ1n) is 6.10. The fourth-order valence-electron chi connectivity index (χ4n) is 1.23. The lowest BCUT2D eigenvalue weighted by atomic mass is 10.3. The number of amides is 1. The van der Waals surface area contributed by atoms with Crippen LogP contribution in [0.15, 0.2) is 0 Å². The van der Waals surface area contributed by atoms with Crippen LogP contribution in [0.5, 0.6) is 0 Å². The summed E-state index contributed by atoms with van der Waals surface area (Å²) in [4.78, 5) is 32.5. The van der Waals surface area contributed by atoms with E-state index in [4.69, 9.17) is 21.1 Å². The zero-order valence-electron chi connectivity index (χ0n) is 11.5. The van der Waals surface area contributed by atoms with E-state index in [1.165, 1.54) is 30.4 Å². The van der Waals surface area contributed by atoms with Gasteiger partial charge in [0.1, 0.15) is 12.1 Å². The summed E-state index contributed by atoms with van der Waals surface area (Å²) in [5.74, 6) is -2.42. The molecular formula is C11H20N2O6S2. The highest BCUT2D eigenvalue weighted by Gasteiger charge is 2.22. The first-order chi connectivity index (χ1) is 9.77. The molecule has 0 aromatic carbocycles. The molecule has 0 rings (SSSR count). The van der Waals surface area contributed by atoms with Gasteiger partial charge in [0.05, 0.1) is 4.58 Å². The van der Waals surface area contributed by atoms with Crippen molar-refractivity contribution in [1.29, 1.82) is 0 Å². The van der Waals surface area contributed by atoms with Crippen LogP contribution in [-0.4, -0.2) is 67.9 Å². The molecule has 0 spiro atoms. The van der Waals surface area contributed by atoms with E-state index in [1.807, 2.05) is 0 Å². The Morgan fingerprint density at radius 1 is 1.14 bits per heavy atom. The van der Waals surface area contributed by atoms with Crippen molar-refractivity contribution in [3.05, 3.63) is 0 Å². The summed E-state index contributed by atoms with van der Waals surface area (Å²) in [6, 6.07) is -2.04. The molecule has 0 fully saturated rings. The number of carbonyl (C=O) groups excluding carboxylic acids is 1. The number of aliphatic hydroxyl groups is 1. The second-order valence-electron chi connectivity index (χ2n) is 4.14. The number of carbonyl (C=O) groups is 3. The zero-order valence-corrected chi connectivity index (χ0v) is 13.2. The molecule has 0 aliphatic heterocycles. The van der Waals surface area contributed by atoms with Crippen molar-refractivity contribution >= 4 is 41.4 Å². The van der Waals surface area contributed by atoms with Gasteiger partial charge in [-0.25, -0.2) is 4.79 Å². The van der Waals surface area contributed by atoms with Crippen LogP contribution < -0.4 is 11.1 Å². The summed E-state index contributed by atoms with van der Waals surface area (Å²) >= 11 is 2.48. The predicted octanol–water partition coefficient (Wildman–Crippen LogP) is -0.837. The van der Waals surface area contributed by atoms with Crippen LogP contribution in [0.25, 0.3) is 0 Å². The van der Waals surface area contributed by atoms with Crippen LogP contribution in [0.3, 0.4) is 0 Å². The van der Waals surface area contributed by atoms with E-state index in [9.17, 15) is 14.4 Å². The number of hydrogen-bond acceptors (Lipinski definition) is 7. The summed E-state index contributed by atoms with van der Waals surface area (Å²) in [5.41, 5.74) is 5.39. The number of thioether (sulfide) groups is 2. The average molecular weight is 340 g/mol. The smallest absolute Gasteiger partial charge is 0.327 e. The molecule has 6 N–H and O–H groups in total. The van der Waals surface area contributed by atoms with Crippen LogP contribution in [0.1, 0.15) is 13.3 Å². The minimum Gasteiger partial charge on any atom is -0.480 e. The SMILES string of the molecule is CC(=O)NC(CSC(CCO)SCC(N)C(=O)O)C(=O)O. The van der Waals surface area contributed by atoms with E-state index in [0.717, 1.165) is 0 Å². The molecular weight excluding hydrogens is 320 g/mol. The number of carboxylic acids is 2. The van der Waals surface area contributed by atoms with Crippen molar-refractivity contribution in [1.82, 2.24) is 5.32 Å². The largest absolute Gasteiger partial charge is 0.480 e. The molecule has 0 bridgehead atoms. The number of nitrogens with two attached hydrogens (primary N) is 1. The Labute approximate surface area is 130 Å². The monoisotopic (exact) mass is 340 g/mol. The fourth-order valence-corrected chi connectivity index (χ4v) is 3.82. The molecule has 0 aromatic rings. The highest BCUT2D eigenvalue weighted by Crippen LogP contribution is 2.27. The second kappa shape index (κ2) is 10.7. The molecule has 0 saturated heterocycles. The Kier molecular flexibility index (Phi) is 10.2. The molecule has 1 amide bonds. The maximum atomic E-state index is 11.0. The van der Waals surface area contributed by atoms with Crippen molar-refractivity contribution < 1.29 is 29.7 Å². The third-order valence-electron chi connectivity index (χ3n) is 2.27. The van der Waals surface area contributed by atoms with Gasteiger partial charge in [-0.1, -0.05) is 0 Å². The number of carboxylic acid groups (broad SMARTS) is 2. The van der Waals surface area contributed by atoms with Gasteiger partial charge in [-0.2, -0.15) is 0 Å². The van der Waals surface area contributed by atoms with Gasteiger partial charge < -0.3 is 26.4 Å². The van der Waals surface area contributed by atoms with Gasteiger partial charge in [-0.15, -0.1) is 23.5 Å². The van der Waals surface area contributed by atoms with Crippen molar-refractivity contribution in [3.8, 4) is 0 Å². The molecule has 3 atom stereocenters. The Balaban J connectivity index is 4.37. The van der Waals surface area contributed by atoms with E-state index in [0.29, 0.717) is 6.42 Å². The summed E-state index contributed by atoms with van der Waals surface area (Å²) < 4.78 is -0.198. The molecule has 0 saturated carbocycles. The quantitative estimate of drug-likeness (QED) is 0.303. The van der Waals surface area contributed by atoms with Gasteiger partial charge >= 0.3 is 11.9 Å². The van der Waals surface area contributed by atoms with Gasteiger partial charge in [0, 0.05) is 25.0 Å². The molecule has 0 aliphatic carbocycles. The summed E-state index contributed by atoms with van der Waals surface area (Å²) in [5, 5.41) is 28.9. The molecule has 10 heteroatoms. The average Bonchev–Trinajstić information content (AvgIpc) is 2.38. The van der Waals surface area contributed by atoms with Crippen LogP contribution in [0.4, 0.5) is 0 Å². The summed E-state index contributed by atoms with van der Waals surface area (Å²) in [7, 11) is 0. The lowest BCUT2D eigenvalue weighted by Crippen LogP contribution is -2.41. The number of hydrogen-bond donors (Lipinski definition) is 5. The van der Waals surface area contributed by atoms with E-state index >= 15 is 0 Å². The van der Waals surface area contributed by atoms with Gasteiger partial charge in [0.25, 0.3) is 0 Å². The summed E-state index contributed by atoms with van der Waals surface area (Å²) in [6.07, 6.45) is 0.369. The Morgan fingerprint density at radius 3 is 2.14 bits per heavy atom. The van der Waals surface area contributed by atoms with Crippen molar-refractivity contribution in [2.24, 2.45) is 5.73 Å². The van der Waals surface area contributed by atoms with E-state index in [-0.39, 0.29) is 22.7 Å². The van der Waals surface area contributed by atoms with Gasteiger partial charge in [-0.3, -0.25) is 9.59 Å². The van der Waals surface area contributed by atoms with Crippen LogP contribution in [0.2, 0.25) is 0 Å². The number of aliphatic carboxylic acids is 2. The lowest BCUT2D eigenvalue weighted by Gasteiger charge is -2.19. The molecule has 122 valence electrons. The minimum atomic E-state index is -1.15. The Bertz CT molecular complexity index is 369. The molecule has 0 aliphatic rings. The first-order valence-corrected chi connectivity index (χ1v) is 8.20. The maximum Gasteiger partial charge on any atom is 0.327 e. The van der Waals surface area contributed by atoms with Gasteiger partial charge in [0.15, 0.2) is 0 Å². The molecule has 3 unspecified atom stereocenters. The van der Waals surface area contributed by atoms with Crippen LogP contribution in [0, 0.1) is 0 Å². The van der Waals surface area contributed by atoms with Crippen molar-refractivity contribution in [3.63, 3.8) is 0 Å². The van der Waals surface area contributed by atoms with Gasteiger partial charge in [-0.05, 0) is 6.42 Å². The molecule has 0 radical (unpaired) electrons. The molecule has 8 nitrogen and oxygen atoms in total. The standard InChI is InChI=1S/C11H20N2O6S2/c1-6(15)13-8(11(18)19)5-21-9(2-3-14)20-4-7(12)10(16)17/h7-9,14H,2-5,12H2,1H3,(H,13,15)(H,16,17)(H,18,19). The van der Waals surface area contributed by atoms with E-state index in [1.54, 1.807) is 0 Å². The topological polar surface area (TPSA) is 150 Å². The number of nitrogens with one attached hydrogen (secondary N) is 1. The molecule has 21 heavy (non-hydrogen) atoms. The second-order valence-corrected chi connectivity index (χ2v) is 6.91. The van der Waals surface area contributed by atoms with E-state index in [2.05, 4.69) is 5.32 Å². The summed E-state index contributed by atoms with van der Waals surface area (Å²) in [6.45, 7) is 1.12. The minimum absolute atomic E-state index is 0.106. The predicted molar refractivity (Wildman–Crippen MR) is 81.3 cm³/mol. The highest BCUT2D eigenvalue weighted by atomic mass is 32.2.